The Kier molecular flexibility index (Phi) is 3.12. The Balaban J connectivity index is 2.25. The highest BCUT2D eigenvalue weighted by Crippen LogP contribution is 2.32. The number of rotatable bonds is 3. The molecular formula is C11H16N2O3. The molecule has 1 aromatic heterocycles. The van der Waals surface area contributed by atoms with Gasteiger partial charge < -0.3 is 10.2 Å². The molecule has 2 rings (SSSR count). The number of carboxylic acid groups (broad SMARTS) is 1. The van der Waals surface area contributed by atoms with Crippen LogP contribution in [-0.2, 0) is 11.2 Å². The molecule has 16 heavy (non-hydrogen) atoms. The maximum atomic E-state index is 11.5. The van der Waals surface area contributed by atoms with Gasteiger partial charge in [-0.05, 0) is 12.8 Å². The molecule has 1 saturated carbocycles. The molecule has 0 atom stereocenters. The summed E-state index contributed by atoms with van der Waals surface area (Å²) in [7, 11) is 0. The van der Waals surface area contributed by atoms with Gasteiger partial charge in [-0.3, -0.25) is 14.7 Å². The molecule has 1 aliphatic carbocycles. The normalized spacial score (nSPS) is 17.5. The number of carboxylic acids is 1. The van der Waals surface area contributed by atoms with Gasteiger partial charge in [0.1, 0.15) is 0 Å². The predicted molar refractivity (Wildman–Crippen MR) is 58.6 cm³/mol. The molecule has 0 amide bonds. The first-order chi connectivity index (χ1) is 7.68. The topological polar surface area (TPSA) is 85.9 Å². The van der Waals surface area contributed by atoms with E-state index in [1.165, 1.54) is 6.42 Å². The first-order valence-corrected chi connectivity index (χ1v) is 5.69. The van der Waals surface area contributed by atoms with Gasteiger partial charge in [0.15, 0.2) is 0 Å². The van der Waals surface area contributed by atoms with E-state index in [4.69, 9.17) is 5.11 Å². The summed E-state index contributed by atoms with van der Waals surface area (Å²) in [5.41, 5.74) is 0.925. The number of aromatic amines is 2. The second kappa shape index (κ2) is 4.55. The number of aliphatic carboxylic acids is 1. The standard InChI is InChI=1S/C11H16N2O3/c14-9(15)6-8-10(12-13-11(8)16)7-4-2-1-3-5-7/h7H,1-6H2,(H,14,15)(H2,12,13,16). The summed E-state index contributed by atoms with van der Waals surface area (Å²) in [5, 5.41) is 14.1. The summed E-state index contributed by atoms with van der Waals surface area (Å²) < 4.78 is 0. The van der Waals surface area contributed by atoms with Crippen LogP contribution >= 0.6 is 0 Å². The van der Waals surface area contributed by atoms with Crippen molar-refractivity contribution in [1.29, 1.82) is 0 Å². The maximum Gasteiger partial charge on any atom is 0.308 e. The number of nitrogens with one attached hydrogen (secondary N) is 2. The fraction of sp³-hybridized carbons (Fsp3) is 0.636. The van der Waals surface area contributed by atoms with E-state index >= 15 is 0 Å². The van der Waals surface area contributed by atoms with Gasteiger partial charge in [-0.25, -0.2) is 0 Å². The van der Waals surface area contributed by atoms with E-state index in [9.17, 15) is 9.59 Å². The third-order valence-corrected chi connectivity index (χ3v) is 3.25. The fourth-order valence-electron chi connectivity index (χ4n) is 2.46. The average Bonchev–Trinajstić information content (AvgIpc) is 2.61. The van der Waals surface area contributed by atoms with Gasteiger partial charge >= 0.3 is 5.97 Å². The predicted octanol–water partition coefficient (Wildman–Crippen LogP) is 1.38. The van der Waals surface area contributed by atoms with Crippen molar-refractivity contribution >= 4 is 5.97 Å². The van der Waals surface area contributed by atoms with Crippen LogP contribution in [0.3, 0.4) is 0 Å². The van der Waals surface area contributed by atoms with Crippen molar-refractivity contribution in [3.05, 3.63) is 21.6 Å². The molecule has 0 radical (unpaired) electrons. The third-order valence-electron chi connectivity index (χ3n) is 3.25. The number of hydrogen-bond donors (Lipinski definition) is 3. The van der Waals surface area contributed by atoms with E-state index in [1.807, 2.05) is 0 Å². The molecule has 1 aliphatic rings. The molecule has 5 nitrogen and oxygen atoms in total. The lowest BCUT2D eigenvalue weighted by Gasteiger charge is -2.21. The quantitative estimate of drug-likeness (QED) is 0.725. The zero-order chi connectivity index (χ0) is 11.5. The lowest BCUT2D eigenvalue weighted by Crippen LogP contribution is -2.15. The summed E-state index contributed by atoms with van der Waals surface area (Å²) in [4.78, 5) is 22.2. The molecule has 0 aliphatic heterocycles. The van der Waals surface area contributed by atoms with E-state index in [0.717, 1.165) is 31.4 Å². The second-order valence-electron chi connectivity index (χ2n) is 4.38. The highest BCUT2D eigenvalue weighted by Gasteiger charge is 2.22. The van der Waals surface area contributed by atoms with Gasteiger partial charge in [0.25, 0.3) is 5.56 Å². The van der Waals surface area contributed by atoms with Crippen molar-refractivity contribution < 1.29 is 9.90 Å². The molecule has 1 heterocycles. The van der Waals surface area contributed by atoms with Crippen LogP contribution < -0.4 is 5.56 Å². The summed E-state index contributed by atoms with van der Waals surface area (Å²) in [6.07, 6.45) is 5.44. The number of aromatic nitrogens is 2. The van der Waals surface area contributed by atoms with Gasteiger partial charge in [0.05, 0.1) is 12.0 Å². The Morgan fingerprint density at radius 2 is 1.94 bits per heavy atom. The second-order valence-corrected chi connectivity index (χ2v) is 4.38. The Hall–Kier alpha value is -1.52. The maximum absolute atomic E-state index is 11.5. The highest BCUT2D eigenvalue weighted by molar-refractivity contribution is 5.70. The van der Waals surface area contributed by atoms with Crippen LogP contribution in [0.4, 0.5) is 0 Å². The van der Waals surface area contributed by atoms with Gasteiger partial charge in [-0.1, -0.05) is 19.3 Å². The largest absolute Gasteiger partial charge is 0.481 e. The number of hydrogen-bond acceptors (Lipinski definition) is 2. The van der Waals surface area contributed by atoms with E-state index < -0.39 is 5.97 Å². The number of carbonyl (C=O) groups is 1. The zero-order valence-corrected chi connectivity index (χ0v) is 9.08. The van der Waals surface area contributed by atoms with Gasteiger partial charge in [-0.15, -0.1) is 0 Å². The van der Waals surface area contributed by atoms with Crippen LogP contribution in [0.15, 0.2) is 4.79 Å². The van der Waals surface area contributed by atoms with Gasteiger partial charge in [-0.2, -0.15) is 0 Å². The first kappa shape index (κ1) is 11.0. The van der Waals surface area contributed by atoms with Crippen molar-refractivity contribution in [2.45, 2.75) is 44.4 Å². The van der Waals surface area contributed by atoms with Gasteiger partial charge in [0, 0.05) is 11.6 Å². The van der Waals surface area contributed by atoms with Crippen molar-refractivity contribution in [3.63, 3.8) is 0 Å². The smallest absolute Gasteiger partial charge is 0.308 e. The summed E-state index contributed by atoms with van der Waals surface area (Å²) >= 11 is 0. The molecule has 1 fully saturated rings. The lowest BCUT2D eigenvalue weighted by atomic mass is 9.85. The molecule has 88 valence electrons. The highest BCUT2D eigenvalue weighted by atomic mass is 16.4. The summed E-state index contributed by atoms with van der Waals surface area (Å²) in [6.45, 7) is 0. The van der Waals surface area contributed by atoms with Crippen LogP contribution in [0.1, 0.15) is 49.3 Å². The Bertz CT molecular complexity index is 427. The van der Waals surface area contributed by atoms with Crippen LogP contribution in [0.5, 0.6) is 0 Å². The van der Waals surface area contributed by atoms with Crippen molar-refractivity contribution in [2.75, 3.05) is 0 Å². The van der Waals surface area contributed by atoms with Crippen LogP contribution in [0, 0.1) is 0 Å². The minimum Gasteiger partial charge on any atom is -0.481 e. The molecule has 3 N–H and O–H groups in total. The van der Waals surface area contributed by atoms with E-state index in [2.05, 4.69) is 10.2 Å². The molecule has 5 heteroatoms. The van der Waals surface area contributed by atoms with E-state index in [0.29, 0.717) is 11.5 Å². The van der Waals surface area contributed by atoms with Crippen molar-refractivity contribution in [2.24, 2.45) is 0 Å². The van der Waals surface area contributed by atoms with Crippen LogP contribution in [-0.4, -0.2) is 21.3 Å². The minimum atomic E-state index is -0.956. The van der Waals surface area contributed by atoms with Crippen molar-refractivity contribution in [1.82, 2.24) is 10.2 Å². The Morgan fingerprint density at radius 3 is 2.56 bits per heavy atom. The molecule has 1 aromatic rings. The van der Waals surface area contributed by atoms with Crippen LogP contribution in [0.25, 0.3) is 0 Å². The molecule has 0 aromatic carbocycles. The average molecular weight is 224 g/mol. The van der Waals surface area contributed by atoms with E-state index in [1.54, 1.807) is 0 Å². The van der Waals surface area contributed by atoms with Crippen LogP contribution in [0.2, 0.25) is 0 Å². The molecule has 0 bridgehead atoms. The Morgan fingerprint density at radius 1 is 1.25 bits per heavy atom. The monoisotopic (exact) mass is 224 g/mol. The molecular weight excluding hydrogens is 208 g/mol. The SMILES string of the molecule is O=C(O)Cc1c(C2CCCCC2)[nH][nH]c1=O. The first-order valence-electron chi connectivity index (χ1n) is 5.69. The third kappa shape index (κ3) is 2.18. The summed E-state index contributed by atoms with van der Waals surface area (Å²) in [6, 6.07) is 0. The fourth-order valence-corrected chi connectivity index (χ4v) is 2.46. The Labute approximate surface area is 92.9 Å². The summed E-state index contributed by atoms with van der Waals surface area (Å²) in [5.74, 6) is -0.635. The molecule has 0 saturated heterocycles. The molecule has 0 spiro atoms. The minimum absolute atomic E-state index is 0.190. The zero-order valence-electron chi connectivity index (χ0n) is 9.08. The lowest BCUT2D eigenvalue weighted by molar-refractivity contribution is -0.136. The van der Waals surface area contributed by atoms with Crippen molar-refractivity contribution in [3.8, 4) is 0 Å². The van der Waals surface area contributed by atoms with Gasteiger partial charge in [0.2, 0.25) is 0 Å². The molecule has 0 unspecified atom stereocenters. The number of H-pyrrole nitrogens is 2. The van der Waals surface area contributed by atoms with E-state index in [-0.39, 0.29) is 12.0 Å².